The van der Waals surface area contributed by atoms with Gasteiger partial charge in [0, 0.05) is 28.2 Å². The third-order valence-corrected chi connectivity index (χ3v) is 8.22. The van der Waals surface area contributed by atoms with Gasteiger partial charge in [0.25, 0.3) is 0 Å². The van der Waals surface area contributed by atoms with Crippen LogP contribution in [0.4, 0.5) is 22.7 Å². The van der Waals surface area contributed by atoms with Crippen molar-refractivity contribution in [1.29, 1.82) is 0 Å². The highest BCUT2D eigenvalue weighted by Gasteiger charge is 2.38. The zero-order chi connectivity index (χ0) is 28.6. The van der Waals surface area contributed by atoms with Gasteiger partial charge < -0.3 is 9.80 Å². The SMILES string of the molecule is C1=CC2C(C=C1)N(c1ccc(-c3nnc(-c4ccccc4)n3-c3ccccc3)cc1)c1ccccc1N2c1ccccc1. The Kier molecular flexibility index (Phi) is 6.19. The molecule has 5 aromatic carbocycles. The molecule has 0 bridgehead atoms. The maximum atomic E-state index is 4.70. The highest BCUT2D eigenvalue weighted by molar-refractivity contribution is 5.87. The van der Waals surface area contributed by atoms with E-state index in [0.717, 1.165) is 34.2 Å². The summed E-state index contributed by atoms with van der Waals surface area (Å²) in [5, 5.41) is 9.35. The molecule has 1 aromatic heterocycles. The highest BCUT2D eigenvalue weighted by atomic mass is 15.3. The van der Waals surface area contributed by atoms with Crippen LogP contribution >= 0.6 is 0 Å². The highest BCUT2D eigenvalue weighted by Crippen LogP contribution is 2.47. The van der Waals surface area contributed by atoms with Gasteiger partial charge in [-0.1, -0.05) is 103 Å². The van der Waals surface area contributed by atoms with Crippen molar-refractivity contribution in [1.82, 2.24) is 14.8 Å². The van der Waals surface area contributed by atoms with Crippen molar-refractivity contribution in [2.75, 3.05) is 9.80 Å². The number of hydrogen-bond donors (Lipinski definition) is 0. The summed E-state index contributed by atoms with van der Waals surface area (Å²) in [5.74, 6) is 1.63. The van der Waals surface area contributed by atoms with Crippen LogP contribution in [0, 0.1) is 0 Å². The molecule has 0 saturated heterocycles. The first kappa shape index (κ1) is 25.1. The number of rotatable bonds is 5. The van der Waals surface area contributed by atoms with Gasteiger partial charge in [0.1, 0.15) is 0 Å². The second-order valence-corrected chi connectivity index (χ2v) is 10.7. The van der Waals surface area contributed by atoms with Gasteiger partial charge in [-0.15, -0.1) is 10.2 Å². The monoisotopic (exact) mass is 555 g/mol. The second-order valence-electron chi connectivity index (χ2n) is 10.7. The van der Waals surface area contributed by atoms with Gasteiger partial charge in [0.15, 0.2) is 11.6 Å². The van der Waals surface area contributed by atoms with E-state index in [-0.39, 0.29) is 12.1 Å². The van der Waals surface area contributed by atoms with Crippen LogP contribution in [0.15, 0.2) is 164 Å². The van der Waals surface area contributed by atoms with Crippen molar-refractivity contribution in [2.45, 2.75) is 12.1 Å². The van der Waals surface area contributed by atoms with E-state index < -0.39 is 0 Å². The molecular weight excluding hydrogens is 526 g/mol. The van der Waals surface area contributed by atoms with Crippen LogP contribution in [-0.4, -0.2) is 26.8 Å². The van der Waals surface area contributed by atoms with Gasteiger partial charge in [-0.25, -0.2) is 0 Å². The van der Waals surface area contributed by atoms with Gasteiger partial charge in [-0.2, -0.15) is 0 Å². The smallest absolute Gasteiger partial charge is 0.168 e. The fourth-order valence-corrected chi connectivity index (χ4v) is 6.30. The summed E-state index contributed by atoms with van der Waals surface area (Å²) in [6.45, 7) is 0. The zero-order valence-electron chi connectivity index (χ0n) is 23.5. The second kappa shape index (κ2) is 10.6. The van der Waals surface area contributed by atoms with E-state index in [9.17, 15) is 0 Å². The summed E-state index contributed by atoms with van der Waals surface area (Å²) in [6.07, 6.45) is 8.94. The third kappa shape index (κ3) is 4.34. The lowest BCUT2D eigenvalue weighted by Gasteiger charge is -2.49. The summed E-state index contributed by atoms with van der Waals surface area (Å²) in [5.41, 5.74) is 7.75. The minimum atomic E-state index is 0.128. The van der Waals surface area contributed by atoms with Crippen molar-refractivity contribution in [3.8, 4) is 28.5 Å². The average Bonchev–Trinajstić information content (AvgIpc) is 3.54. The molecule has 2 atom stereocenters. The first-order valence-corrected chi connectivity index (χ1v) is 14.6. The minimum absolute atomic E-state index is 0.128. The van der Waals surface area contributed by atoms with Crippen molar-refractivity contribution >= 4 is 22.7 Å². The molecule has 6 aromatic rings. The molecule has 1 aliphatic carbocycles. The number of nitrogens with zero attached hydrogens (tertiary/aromatic N) is 5. The quantitative estimate of drug-likeness (QED) is 0.213. The first-order chi connectivity index (χ1) is 21.4. The molecule has 2 heterocycles. The zero-order valence-corrected chi connectivity index (χ0v) is 23.5. The van der Waals surface area contributed by atoms with Gasteiger partial charge >= 0.3 is 0 Å². The Labute approximate surface area is 251 Å². The lowest BCUT2D eigenvalue weighted by molar-refractivity contribution is 0.638. The number of para-hydroxylation sites is 4. The lowest BCUT2D eigenvalue weighted by Crippen LogP contribution is -2.52. The van der Waals surface area contributed by atoms with Gasteiger partial charge in [-0.3, -0.25) is 4.57 Å². The summed E-state index contributed by atoms with van der Waals surface area (Å²) < 4.78 is 2.14. The van der Waals surface area contributed by atoms with Crippen LogP contribution in [0.3, 0.4) is 0 Å². The topological polar surface area (TPSA) is 37.2 Å². The molecule has 0 N–H and O–H groups in total. The molecule has 5 nitrogen and oxygen atoms in total. The van der Waals surface area contributed by atoms with E-state index in [1.165, 1.54) is 17.1 Å². The predicted octanol–water partition coefficient (Wildman–Crippen LogP) is 8.75. The molecule has 0 spiro atoms. The fraction of sp³-hybridized carbons (Fsp3) is 0.0526. The maximum absolute atomic E-state index is 4.70. The van der Waals surface area contributed by atoms with Crippen LogP contribution in [-0.2, 0) is 0 Å². The molecule has 0 saturated carbocycles. The maximum Gasteiger partial charge on any atom is 0.168 e. The van der Waals surface area contributed by atoms with E-state index in [4.69, 9.17) is 5.10 Å². The fourth-order valence-electron chi connectivity index (χ4n) is 6.30. The van der Waals surface area contributed by atoms with E-state index in [1.807, 2.05) is 36.4 Å². The van der Waals surface area contributed by atoms with Crippen LogP contribution in [0.1, 0.15) is 0 Å². The number of anilines is 4. The molecule has 0 radical (unpaired) electrons. The van der Waals surface area contributed by atoms with Crippen LogP contribution in [0.2, 0.25) is 0 Å². The third-order valence-electron chi connectivity index (χ3n) is 8.22. The molecule has 0 fully saturated rings. The van der Waals surface area contributed by atoms with E-state index >= 15 is 0 Å². The Hall–Kier alpha value is -5.68. The lowest BCUT2D eigenvalue weighted by atomic mass is 9.92. The van der Waals surface area contributed by atoms with E-state index in [0.29, 0.717) is 0 Å². The summed E-state index contributed by atoms with van der Waals surface area (Å²) in [6, 6.07) is 48.9. The summed E-state index contributed by atoms with van der Waals surface area (Å²) in [4.78, 5) is 4.92. The van der Waals surface area contributed by atoms with Gasteiger partial charge in [-0.05, 0) is 60.7 Å². The molecule has 206 valence electrons. The van der Waals surface area contributed by atoms with Crippen molar-refractivity contribution in [3.05, 3.63) is 164 Å². The van der Waals surface area contributed by atoms with Crippen molar-refractivity contribution < 1.29 is 0 Å². The number of fused-ring (bicyclic) bond motifs is 2. The molecule has 0 amide bonds. The molecule has 5 heteroatoms. The molecule has 2 unspecified atom stereocenters. The Morgan fingerprint density at radius 1 is 0.395 bits per heavy atom. The van der Waals surface area contributed by atoms with Gasteiger partial charge in [0.2, 0.25) is 0 Å². The molecule has 1 aliphatic heterocycles. The predicted molar refractivity (Wildman–Crippen MR) is 175 cm³/mol. The van der Waals surface area contributed by atoms with E-state index in [2.05, 4.69) is 147 Å². The largest absolute Gasteiger partial charge is 0.330 e. The Morgan fingerprint density at radius 3 is 1.35 bits per heavy atom. The van der Waals surface area contributed by atoms with Crippen LogP contribution in [0.5, 0.6) is 0 Å². The number of allylic oxidation sites excluding steroid dienone is 2. The van der Waals surface area contributed by atoms with Crippen LogP contribution < -0.4 is 9.80 Å². The average molecular weight is 556 g/mol. The minimum Gasteiger partial charge on any atom is -0.330 e. The normalized spacial score (nSPS) is 17.0. The molecule has 2 aliphatic rings. The van der Waals surface area contributed by atoms with Crippen molar-refractivity contribution in [3.63, 3.8) is 0 Å². The number of aromatic nitrogens is 3. The molecular formula is C38H29N5. The number of hydrogen-bond acceptors (Lipinski definition) is 4. The molecule has 43 heavy (non-hydrogen) atoms. The van der Waals surface area contributed by atoms with Gasteiger partial charge in [0.05, 0.1) is 23.5 Å². The van der Waals surface area contributed by atoms with E-state index in [1.54, 1.807) is 0 Å². The summed E-state index contributed by atoms with van der Waals surface area (Å²) in [7, 11) is 0. The molecule has 8 rings (SSSR count). The first-order valence-electron chi connectivity index (χ1n) is 14.6. The Balaban J connectivity index is 1.22. The standard InChI is InChI=1S/C38H29N5/c1-4-14-28(15-5-1)37-39-40-38(43(37)31-18-8-3-9-19-31)29-24-26-32(27-25-29)42-35-22-12-10-20-33(35)41(30-16-6-2-7-17-30)34-21-11-13-23-36(34)42/h1-27,33,35H. The Bertz CT molecular complexity index is 1930. The van der Waals surface area contributed by atoms with Crippen molar-refractivity contribution in [2.24, 2.45) is 0 Å². The Morgan fingerprint density at radius 2 is 0.814 bits per heavy atom. The number of benzene rings is 5. The van der Waals surface area contributed by atoms with Crippen LogP contribution in [0.25, 0.3) is 28.5 Å². The summed E-state index contributed by atoms with van der Waals surface area (Å²) >= 11 is 0.